The topological polar surface area (TPSA) is 40.5 Å². The van der Waals surface area contributed by atoms with Gasteiger partial charge in [0.1, 0.15) is 0 Å². The molecule has 1 N–H and O–H groups in total. The lowest BCUT2D eigenvalue weighted by atomic mass is 9.90. The van der Waals surface area contributed by atoms with Crippen LogP contribution in [-0.2, 0) is 4.79 Å². The van der Waals surface area contributed by atoms with Crippen molar-refractivity contribution in [2.75, 3.05) is 13.1 Å². The molecule has 1 heterocycles. The quantitative estimate of drug-likeness (QED) is 0.671. The van der Waals surface area contributed by atoms with Crippen molar-refractivity contribution in [1.82, 2.24) is 4.90 Å². The molecule has 0 bridgehead atoms. The Morgan fingerprint density at radius 1 is 1.77 bits per heavy atom. The fourth-order valence-corrected chi connectivity index (χ4v) is 1.67. The van der Waals surface area contributed by atoms with Crippen molar-refractivity contribution in [2.45, 2.75) is 26.3 Å². The minimum Gasteiger partial charge on any atom is -0.481 e. The number of rotatable bonds is 3. The van der Waals surface area contributed by atoms with Crippen LogP contribution in [0.25, 0.3) is 0 Å². The molecule has 0 aromatic heterocycles. The molecule has 3 nitrogen and oxygen atoms in total. The summed E-state index contributed by atoms with van der Waals surface area (Å²) >= 11 is 0. The van der Waals surface area contributed by atoms with Gasteiger partial charge in [0.05, 0.1) is 5.41 Å². The predicted molar refractivity (Wildman–Crippen MR) is 51.6 cm³/mol. The lowest BCUT2D eigenvalue weighted by Gasteiger charge is -2.23. The van der Waals surface area contributed by atoms with E-state index >= 15 is 0 Å². The summed E-state index contributed by atoms with van der Waals surface area (Å²) in [6.07, 6.45) is 2.59. The van der Waals surface area contributed by atoms with E-state index < -0.39 is 11.4 Å². The third-order valence-corrected chi connectivity index (χ3v) is 2.94. The first-order chi connectivity index (χ1) is 5.99. The Morgan fingerprint density at radius 2 is 2.38 bits per heavy atom. The van der Waals surface area contributed by atoms with E-state index in [1.54, 1.807) is 0 Å². The zero-order chi connectivity index (χ0) is 10.1. The third-order valence-electron chi connectivity index (χ3n) is 2.94. The van der Waals surface area contributed by atoms with Crippen LogP contribution in [0.1, 0.15) is 20.3 Å². The summed E-state index contributed by atoms with van der Waals surface area (Å²) < 4.78 is 0. The van der Waals surface area contributed by atoms with E-state index in [4.69, 9.17) is 5.11 Å². The van der Waals surface area contributed by atoms with Crippen molar-refractivity contribution >= 4 is 5.97 Å². The van der Waals surface area contributed by atoms with Crippen molar-refractivity contribution in [3.8, 4) is 0 Å². The molecule has 0 aromatic rings. The first kappa shape index (κ1) is 10.3. The number of carbonyl (C=O) groups is 1. The Kier molecular flexibility index (Phi) is 2.76. The van der Waals surface area contributed by atoms with Gasteiger partial charge >= 0.3 is 5.97 Å². The summed E-state index contributed by atoms with van der Waals surface area (Å²) in [7, 11) is 0. The van der Waals surface area contributed by atoms with Gasteiger partial charge in [-0.25, -0.2) is 0 Å². The molecule has 1 rings (SSSR count). The highest BCUT2D eigenvalue weighted by Crippen LogP contribution is 2.31. The third kappa shape index (κ3) is 1.91. The average Bonchev–Trinajstić information content (AvgIpc) is 2.48. The maximum absolute atomic E-state index is 10.9. The summed E-state index contributed by atoms with van der Waals surface area (Å²) in [5, 5.41) is 8.99. The number of hydrogen-bond donors (Lipinski definition) is 1. The van der Waals surface area contributed by atoms with E-state index in [9.17, 15) is 4.79 Å². The van der Waals surface area contributed by atoms with Crippen molar-refractivity contribution < 1.29 is 9.90 Å². The smallest absolute Gasteiger partial charge is 0.310 e. The van der Waals surface area contributed by atoms with Gasteiger partial charge in [-0.1, -0.05) is 6.08 Å². The standard InChI is InChI=1S/C10H17NO2/c1-4-8(2)11-6-5-10(3,7-11)9(12)13/h4,8H,1,5-7H2,2-3H3,(H,12,13). The fourth-order valence-electron chi connectivity index (χ4n) is 1.67. The molecule has 0 amide bonds. The van der Waals surface area contributed by atoms with Gasteiger partial charge in [0.25, 0.3) is 0 Å². The normalized spacial score (nSPS) is 31.5. The molecule has 0 radical (unpaired) electrons. The van der Waals surface area contributed by atoms with E-state index in [1.807, 2.05) is 19.9 Å². The lowest BCUT2D eigenvalue weighted by molar-refractivity contribution is -0.147. The zero-order valence-corrected chi connectivity index (χ0v) is 8.29. The highest BCUT2D eigenvalue weighted by Gasteiger charge is 2.41. The van der Waals surface area contributed by atoms with Crippen LogP contribution in [0.2, 0.25) is 0 Å². The van der Waals surface area contributed by atoms with Crippen molar-refractivity contribution in [3.05, 3.63) is 12.7 Å². The SMILES string of the molecule is C=CC(C)N1CCC(C)(C(=O)O)C1. The molecule has 0 spiro atoms. The largest absolute Gasteiger partial charge is 0.481 e. The molecule has 0 aromatic carbocycles. The van der Waals surface area contributed by atoms with Gasteiger partial charge in [0, 0.05) is 12.6 Å². The van der Waals surface area contributed by atoms with Crippen molar-refractivity contribution in [1.29, 1.82) is 0 Å². The Bertz CT molecular complexity index is 227. The Labute approximate surface area is 79.0 Å². The highest BCUT2D eigenvalue weighted by atomic mass is 16.4. The minimum atomic E-state index is -0.689. The van der Waals surface area contributed by atoms with Crippen LogP contribution < -0.4 is 0 Å². The number of hydrogen-bond acceptors (Lipinski definition) is 2. The van der Waals surface area contributed by atoms with Gasteiger partial charge < -0.3 is 5.11 Å². The summed E-state index contributed by atoms with van der Waals surface area (Å²) in [6, 6.07) is 0.279. The lowest BCUT2D eigenvalue weighted by Crippen LogP contribution is -2.35. The highest BCUT2D eigenvalue weighted by molar-refractivity contribution is 5.74. The van der Waals surface area contributed by atoms with Crippen LogP contribution in [0.15, 0.2) is 12.7 Å². The zero-order valence-electron chi connectivity index (χ0n) is 8.29. The van der Waals surface area contributed by atoms with Crippen LogP contribution in [0.4, 0.5) is 0 Å². The molecule has 74 valence electrons. The molecule has 1 aliphatic heterocycles. The number of likely N-dealkylation sites (tertiary alicyclic amines) is 1. The second-order valence-corrected chi connectivity index (χ2v) is 4.06. The van der Waals surface area contributed by atoms with Crippen LogP contribution in [-0.4, -0.2) is 35.1 Å². The molecular formula is C10H17NO2. The number of carboxylic acid groups (broad SMARTS) is 1. The number of carboxylic acids is 1. The molecule has 0 saturated carbocycles. The molecule has 2 atom stereocenters. The molecule has 3 heteroatoms. The summed E-state index contributed by atoms with van der Waals surface area (Å²) in [5.74, 6) is -0.689. The van der Waals surface area contributed by atoms with Crippen LogP contribution in [0.5, 0.6) is 0 Å². The van der Waals surface area contributed by atoms with Gasteiger partial charge in [-0.3, -0.25) is 9.69 Å². The van der Waals surface area contributed by atoms with Gasteiger partial charge in [-0.2, -0.15) is 0 Å². The fraction of sp³-hybridized carbons (Fsp3) is 0.700. The number of aliphatic carboxylic acids is 1. The van der Waals surface area contributed by atoms with Crippen molar-refractivity contribution in [3.63, 3.8) is 0 Å². The van der Waals surface area contributed by atoms with Crippen LogP contribution >= 0.6 is 0 Å². The Morgan fingerprint density at radius 3 is 2.77 bits per heavy atom. The molecule has 1 fully saturated rings. The van der Waals surface area contributed by atoms with Crippen LogP contribution in [0.3, 0.4) is 0 Å². The molecule has 1 aliphatic rings. The second-order valence-electron chi connectivity index (χ2n) is 4.06. The summed E-state index contributed by atoms with van der Waals surface area (Å²) in [4.78, 5) is 13.1. The van der Waals surface area contributed by atoms with Crippen LogP contribution in [0, 0.1) is 5.41 Å². The second kappa shape index (κ2) is 3.50. The summed E-state index contributed by atoms with van der Waals surface area (Å²) in [6.45, 7) is 9.05. The molecule has 1 saturated heterocycles. The summed E-state index contributed by atoms with van der Waals surface area (Å²) in [5.41, 5.74) is -0.558. The molecular weight excluding hydrogens is 166 g/mol. The molecule has 2 unspecified atom stereocenters. The minimum absolute atomic E-state index is 0.279. The first-order valence-corrected chi connectivity index (χ1v) is 4.59. The Balaban J connectivity index is 2.63. The maximum atomic E-state index is 10.9. The monoisotopic (exact) mass is 183 g/mol. The van der Waals surface area contributed by atoms with Crippen molar-refractivity contribution in [2.24, 2.45) is 5.41 Å². The van der Waals surface area contributed by atoms with E-state index in [-0.39, 0.29) is 6.04 Å². The van der Waals surface area contributed by atoms with Gasteiger partial charge in [-0.15, -0.1) is 6.58 Å². The average molecular weight is 183 g/mol. The molecule has 0 aliphatic carbocycles. The Hall–Kier alpha value is -0.830. The van der Waals surface area contributed by atoms with E-state index in [0.29, 0.717) is 6.54 Å². The number of nitrogens with zero attached hydrogens (tertiary/aromatic N) is 1. The van der Waals surface area contributed by atoms with Gasteiger partial charge in [-0.05, 0) is 26.8 Å². The van der Waals surface area contributed by atoms with E-state index in [1.165, 1.54) is 0 Å². The maximum Gasteiger partial charge on any atom is 0.310 e. The predicted octanol–water partition coefficient (Wildman–Crippen LogP) is 1.36. The van der Waals surface area contributed by atoms with E-state index in [2.05, 4.69) is 11.5 Å². The van der Waals surface area contributed by atoms with E-state index in [0.717, 1.165) is 13.0 Å². The van der Waals surface area contributed by atoms with Gasteiger partial charge in [0.2, 0.25) is 0 Å². The van der Waals surface area contributed by atoms with Gasteiger partial charge in [0.15, 0.2) is 0 Å². The molecule has 13 heavy (non-hydrogen) atoms. The first-order valence-electron chi connectivity index (χ1n) is 4.59.